The molecule has 1 saturated carbocycles. The van der Waals surface area contributed by atoms with Gasteiger partial charge in [0.25, 0.3) is 0 Å². The second-order valence-corrected chi connectivity index (χ2v) is 8.94. The Balaban J connectivity index is 1.37. The zero-order valence-corrected chi connectivity index (χ0v) is 18.1. The SMILES string of the molecule is CC(=O)O[C@@H]1CCCC[C@H]1Nc1nc2ccc(Cn3c(N)nc4cccnc43)cc2s1. The summed E-state index contributed by atoms with van der Waals surface area (Å²) in [4.78, 5) is 25.0. The van der Waals surface area contributed by atoms with Gasteiger partial charge in [0, 0.05) is 13.1 Å². The number of carbonyl (C=O) groups excluding carboxylic acids is 1. The molecule has 160 valence electrons. The van der Waals surface area contributed by atoms with Crippen molar-refractivity contribution in [2.24, 2.45) is 0 Å². The van der Waals surface area contributed by atoms with E-state index in [4.69, 9.17) is 15.5 Å². The van der Waals surface area contributed by atoms with Crippen LogP contribution in [0.25, 0.3) is 21.4 Å². The summed E-state index contributed by atoms with van der Waals surface area (Å²) in [6.45, 7) is 2.06. The van der Waals surface area contributed by atoms with Gasteiger partial charge in [-0.15, -0.1) is 0 Å². The lowest BCUT2D eigenvalue weighted by Crippen LogP contribution is -2.39. The molecule has 31 heavy (non-hydrogen) atoms. The highest BCUT2D eigenvalue weighted by Crippen LogP contribution is 2.31. The molecule has 0 aliphatic heterocycles. The molecule has 0 unspecified atom stereocenters. The Labute approximate surface area is 183 Å². The molecule has 1 aliphatic rings. The molecular formula is C22H24N6O2S. The first-order valence-electron chi connectivity index (χ1n) is 10.5. The summed E-state index contributed by atoms with van der Waals surface area (Å²) in [6, 6.07) is 10.1. The fraction of sp³-hybridized carbons (Fsp3) is 0.364. The molecule has 5 rings (SSSR count). The maximum Gasteiger partial charge on any atom is 0.302 e. The summed E-state index contributed by atoms with van der Waals surface area (Å²) in [5.74, 6) is 0.225. The first kappa shape index (κ1) is 19.7. The van der Waals surface area contributed by atoms with E-state index >= 15 is 0 Å². The van der Waals surface area contributed by atoms with Gasteiger partial charge in [-0.05, 0) is 49.1 Å². The fourth-order valence-electron chi connectivity index (χ4n) is 4.22. The number of anilines is 2. The Kier molecular flexibility index (Phi) is 5.19. The number of thiazole rings is 1. The lowest BCUT2D eigenvalue weighted by molar-refractivity contribution is -0.148. The minimum absolute atomic E-state index is 0.0980. The summed E-state index contributed by atoms with van der Waals surface area (Å²) >= 11 is 1.61. The van der Waals surface area contributed by atoms with E-state index in [0.29, 0.717) is 12.5 Å². The number of esters is 1. The van der Waals surface area contributed by atoms with Crippen molar-refractivity contribution in [1.29, 1.82) is 0 Å². The highest BCUT2D eigenvalue weighted by atomic mass is 32.1. The molecule has 0 saturated heterocycles. The van der Waals surface area contributed by atoms with E-state index in [1.54, 1.807) is 17.5 Å². The van der Waals surface area contributed by atoms with Crippen LogP contribution in [0.4, 0.5) is 11.1 Å². The zero-order chi connectivity index (χ0) is 21.4. The van der Waals surface area contributed by atoms with Crippen LogP contribution < -0.4 is 11.1 Å². The number of aromatic nitrogens is 4. The number of ether oxygens (including phenoxy) is 1. The van der Waals surface area contributed by atoms with Crippen LogP contribution in [0.15, 0.2) is 36.5 Å². The van der Waals surface area contributed by atoms with Gasteiger partial charge < -0.3 is 15.8 Å². The van der Waals surface area contributed by atoms with E-state index in [1.807, 2.05) is 22.8 Å². The number of benzene rings is 1. The Morgan fingerprint density at radius 2 is 2.13 bits per heavy atom. The number of hydrogen-bond acceptors (Lipinski definition) is 8. The van der Waals surface area contributed by atoms with Gasteiger partial charge in [-0.25, -0.2) is 15.0 Å². The van der Waals surface area contributed by atoms with Gasteiger partial charge >= 0.3 is 5.97 Å². The van der Waals surface area contributed by atoms with Gasteiger partial charge in [-0.2, -0.15) is 0 Å². The third-order valence-electron chi connectivity index (χ3n) is 5.66. The number of fused-ring (bicyclic) bond motifs is 2. The third kappa shape index (κ3) is 4.05. The van der Waals surface area contributed by atoms with Gasteiger partial charge in [0.1, 0.15) is 11.6 Å². The monoisotopic (exact) mass is 436 g/mol. The molecule has 1 aliphatic carbocycles. The fourth-order valence-corrected chi connectivity index (χ4v) is 5.21. The van der Waals surface area contributed by atoms with Crippen molar-refractivity contribution in [2.75, 3.05) is 11.1 Å². The molecule has 0 bridgehead atoms. The van der Waals surface area contributed by atoms with Crippen LogP contribution >= 0.6 is 11.3 Å². The number of carbonyl (C=O) groups is 1. The Hall–Kier alpha value is -3.20. The molecule has 3 aromatic heterocycles. The molecule has 8 nitrogen and oxygen atoms in total. The lowest BCUT2D eigenvalue weighted by atomic mass is 9.92. The summed E-state index contributed by atoms with van der Waals surface area (Å²) in [7, 11) is 0. The predicted octanol–water partition coefficient (Wildman–Crippen LogP) is 3.96. The summed E-state index contributed by atoms with van der Waals surface area (Å²) in [5, 5.41) is 4.36. The second-order valence-electron chi connectivity index (χ2n) is 7.91. The smallest absolute Gasteiger partial charge is 0.302 e. The summed E-state index contributed by atoms with van der Waals surface area (Å²) < 4.78 is 8.54. The van der Waals surface area contributed by atoms with Crippen LogP contribution in [0.1, 0.15) is 38.2 Å². The molecule has 3 N–H and O–H groups in total. The number of imidazole rings is 1. The van der Waals surface area contributed by atoms with Gasteiger partial charge in [0.05, 0.1) is 22.8 Å². The van der Waals surface area contributed by atoms with E-state index in [1.165, 1.54) is 6.92 Å². The molecule has 3 heterocycles. The van der Waals surface area contributed by atoms with E-state index in [-0.39, 0.29) is 18.1 Å². The van der Waals surface area contributed by atoms with Crippen LogP contribution in [0.5, 0.6) is 0 Å². The predicted molar refractivity (Wildman–Crippen MR) is 122 cm³/mol. The number of nitrogens with zero attached hydrogens (tertiary/aromatic N) is 4. The topological polar surface area (TPSA) is 108 Å². The van der Waals surface area contributed by atoms with E-state index in [9.17, 15) is 4.79 Å². The highest BCUT2D eigenvalue weighted by molar-refractivity contribution is 7.22. The van der Waals surface area contributed by atoms with Crippen molar-refractivity contribution in [1.82, 2.24) is 19.5 Å². The largest absolute Gasteiger partial charge is 0.460 e. The minimum Gasteiger partial charge on any atom is -0.460 e. The molecule has 1 aromatic carbocycles. The molecule has 9 heteroatoms. The molecule has 0 amide bonds. The molecule has 1 fully saturated rings. The number of nitrogens with one attached hydrogen (secondary N) is 1. The van der Waals surface area contributed by atoms with E-state index in [0.717, 1.165) is 57.8 Å². The van der Waals surface area contributed by atoms with Gasteiger partial charge in [-0.3, -0.25) is 9.36 Å². The maximum atomic E-state index is 11.4. The number of nitrogens with two attached hydrogens (primary N) is 1. The number of pyridine rings is 1. The maximum absolute atomic E-state index is 11.4. The van der Waals surface area contributed by atoms with E-state index < -0.39 is 0 Å². The minimum atomic E-state index is -0.228. The molecule has 0 spiro atoms. The Morgan fingerprint density at radius 3 is 3.00 bits per heavy atom. The Morgan fingerprint density at radius 1 is 1.26 bits per heavy atom. The van der Waals surface area contributed by atoms with Crippen LogP contribution in [0, 0.1) is 0 Å². The third-order valence-corrected chi connectivity index (χ3v) is 6.60. The molecule has 2 atom stereocenters. The number of rotatable bonds is 5. The Bertz CT molecular complexity index is 1250. The van der Waals surface area contributed by atoms with Crippen LogP contribution in [0.2, 0.25) is 0 Å². The van der Waals surface area contributed by atoms with Crippen molar-refractivity contribution in [3.63, 3.8) is 0 Å². The first-order chi connectivity index (χ1) is 15.1. The average molecular weight is 437 g/mol. The van der Waals surface area contributed by atoms with Crippen molar-refractivity contribution in [3.05, 3.63) is 42.1 Å². The lowest BCUT2D eigenvalue weighted by Gasteiger charge is -2.31. The first-order valence-corrected chi connectivity index (χ1v) is 11.3. The highest BCUT2D eigenvalue weighted by Gasteiger charge is 2.28. The molecule has 4 aromatic rings. The summed E-state index contributed by atoms with van der Waals surface area (Å²) in [6.07, 6.45) is 5.72. The van der Waals surface area contributed by atoms with Crippen LogP contribution in [0.3, 0.4) is 0 Å². The molecular weight excluding hydrogens is 412 g/mol. The van der Waals surface area contributed by atoms with Crippen molar-refractivity contribution in [2.45, 2.75) is 51.3 Å². The number of hydrogen-bond donors (Lipinski definition) is 2. The van der Waals surface area contributed by atoms with Crippen molar-refractivity contribution < 1.29 is 9.53 Å². The van der Waals surface area contributed by atoms with Gasteiger partial charge in [-0.1, -0.05) is 23.8 Å². The average Bonchev–Trinajstić information content (AvgIpc) is 3.29. The quantitative estimate of drug-likeness (QED) is 0.456. The zero-order valence-electron chi connectivity index (χ0n) is 17.2. The van der Waals surface area contributed by atoms with Gasteiger partial charge in [0.15, 0.2) is 10.8 Å². The second kappa shape index (κ2) is 8.14. The van der Waals surface area contributed by atoms with E-state index in [2.05, 4.69) is 27.4 Å². The van der Waals surface area contributed by atoms with Crippen LogP contribution in [-0.2, 0) is 16.1 Å². The van der Waals surface area contributed by atoms with Gasteiger partial charge in [0.2, 0.25) is 5.95 Å². The van der Waals surface area contributed by atoms with Crippen molar-refractivity contribution in [3.8, 4) is 0 Å². The van der Waals surface area contributed by atoms with Crippen LogP contribution in [-0.4, -0.2) is 37.6 Å². The molecule has 0 radical (unpaired) electrons. The normalized spacial score (nSPS) is 19.0. The van der Waals surface area contributed by atoms with Crippen molar-refractivity contribution >= 4 is 49.8 Å². The summed E-state index contributed by atoms with van der Waals surface area (Å²) in [5.41, 5.74) is 9.74. The standard InChI is InChI=1S/C22H24N6O2S/c1-13(29)30-18-7-3-2-5-15(18)26-22-27-16-9-8-14(11-19(16)31-22)12-28-20-17(25-21(28)23)6-4-10-24-20/h4,6,8-11,15,18H,2-3,5,7,12H2,1H3,(H2,23,25)(H,26,27)/t15-,18-/m1/s1. The number of nitrogen functional groups attached to an aromatic ring is 1.